The third kappa shape index (κ3) is 3.21. The molecule has 0 bridgehead atoms. The maximum absolute atomic E-state index is 13.1. The van der Waals surface area contributed by atoms with Crippen molar-refractivity contribution in [3.05, 3.63) is 35.1 Å². The average molecular weight is 276 g/mol. The number of rotatable bonds is 3. The van der Waals surface area contributed by atoms with Gasteiger partial charge in [-0.1, -0.05) is 12.5 Å². The molecule has 1 aromatic carbocycles. The summed E-state index contributed by atoms with van der Waals surface area (Å²) in [5.74, 6) is -0.123. The molecular weight excluding hydrogens is 251 g/mol. The summed E-state index contributed by atoms with van der Waals surface area (Å²) in [6, 6.07) is 5.96. The minimum absolute atomic E-state index is 0.123. The van der Waals surface area contributed by atoms with Crippen molar-refractivity contribution in [1.29, 1.82) is 0 Å². The fourth-order valence-electron chi connectivity index (χ4n) is 3.64. The van der Waals surface area contributed by atoms with Gasteiger partial charge in [0.05, 0.1) is 0 Å². The molecule has 0 saturated carbocycles. The molecule has 2 aliphatic rings. The molecule has 2 nitrogen and oxygen atoms in total. The summed E-state index contributed by atoms with van der Waals surface area (Å²) >= 11 is 0. The zero-order chi connectivity index (χ0) is 13.9. The first-order valence-corrected chi connectivity index (χ1v) is 7.94. The topological polar surface area (TPSA) is 6.48 Å². The Labute approximate surface area is 121 Å². The smallest absolute Gasteiger partial charge is 0.123 e. The SMILES string of the molecule is Cc1cc(F)ccc1CCN1CCN2CCCCC2C1. The fraction of sp³-hybridized carbons (Fsp3) is 0.647. The van der Waals surface area contributed by atoms with Crippen LogP contribution in [0.15, 0.2) is 18.2 Å². The van der Waals surface area contributed by atoms with E-state index in [2.05, 4.69) is 9.80 Å². The predicted octanol–water partition coefficient (Wildman–Crippen LogP) is 2.85. The van der Waals surface area contributed by atoms with E-state index < -0.39 is 0 Å². The van der Waals surface area contributed by atoms with E-state index in [4.69, 9.17) is 0 Å². The maximum atomic E-state index is 13.1. The molecule has 1 unspecified atom stereocenters. The van der Waals surface area contributed by atoms with Crippen LogP contribution in [-0.2, 0) is 6.42 Å². The molecule has 2 fully saturated rings. The Kier molecular flexibility index (Phi) is 4.37. The molecule has 0 aromatic heterocycles. The Morgan fingerprint density at radius 3 is 2.95 bits per heavy atom. The van der Waals surface area contributed by atoms with Gasteiger partial charge in [-0.3, -0.25) is 4.90 Å². The van der Waals surface area contributed by atoms with Crippen LogP contribution in [0.2, 0.25) is 0 Å². The predicted molar refractivity (Wildman–Crippen MR) is 80.5 cm³/mol. The lowest BCUT2D eigenvalue weighted by Gasteiger charge is -2.44. The van der Waals surface area contributed by atoms with Crippen molar-refractivity contribution in [3.8, 4) is 0 Å². The first-order chi connectivity index (χ1) is 9.72. The molecule has 2 heterocycles. The summed E-state index contributed by atoms with van der Waals surface area (Å²) in [7, 11) is 0. The van der Waals surface area contributed by atoms with Crippen LogP contribution in [0, 0.1) is 12.7 Å². The molecule has 110 valence electrons. The number of nitrogens with zero attached hydrogens (tertiary/aromatic N) is 2. The normalized spacial score (nSPS) is 24.6. The van der Waals surface area contributed by atoms with Gasteiger partial charge in [0.2, 0.25) is 0 Å². The number of piperidine rings is 1. The number of fused-ring (bicyclic) bond motifs is 1. The van der Waals surface area contributed by atoms with Gasteiger partial charge in [0, 0.05) is 32.2 Å². The third-order valence-electron chi connectivity index (χ3n) is 4.92. The van der Waals surface area contributed by atoms with Crippen LogP contribution in [0.1, 0.15) is 30.4 Å². The van der Waals surface area contributed by atoms with Gasteiger partial charge in [0.15, 0.2) is 0 Å². The summed E-state index contributed by atoms with van der Waals surface area (Å²) < 4.78 is 13.1. The number of benzene rings is 1. The summed E-state index contributed by atoms with van der Waals surface area (Å²) in [5, 5.41) is 0. The number of piperazine rings is 1. The Bertz CT molecular complexity index is 460. The Hall–Kier alpha value is -0.930. The molecule has 2 aliphatic heterocycles. The van der Waals surface area contributed by atoms with Crippen molar-refractivity contribution in [2.45, 2.75) is 38.6 Å². The summed E-state index contributed by atoms with van der Waals surface area (Å²) in [6.45, 7) is 8.06. The monoisotopic (exact) mass is 276 g/mol. The van der Waals surface area contributed by atoms with Gasteiger partial charge in [-0.15, -0.1) is 0 Å². The highest BCUT2D eigenvalue weighted by molar-refractivity contribution is 5.26. The van der Waals surface area contributed by atoms with Crippen molar-refractivity contribution in [2.75, 3.05) is 32.7 Å². The van der Waals surface area contributed by atoms with Crippen LogP contribution >= 0.6 is 0 Å². The van der Waals surface area contributed by atoms with E-state index in [0.29, 0.717) is 0 Å². The molecule has 3 heteroatoms. The minimum atomic E-state index is -0.123. The fourth-order valence-corrected chi connectivity index (χ4v) is 3.64. The molecule has 2 saturated heterocycles. The van der Waals surface area contributed by atoms with Crippen molar-refractivity contribution < 1.29 is 4.39 Å². The highest BCUT2D eigenvalue weighted by atomic mass is 19.1. The van der Waals surface area contributed by atoms with E-state index in [1.165, 1.54) is 51.0 Å². The zero-order valence-corrected chi connectivity index (χ0v) is 12.4. The molecule has 1 aromatic rings. The average Bonchev–Trinajstić information content (AvgIpc) is 2.46. The molecule has 0 radical (unpaired) electrons. The van der Waals surface area contributed by atoms with Crippen LogP contribution in [0.25, 0.3) is 0 Å². The molecule has 0 amide bonds. The highest BCUT2D eigenvalue weighted by Gasteiger charge is 2.28. The van der Waals surface area contributed by atoms with E-state index >= 15 is 0 Å². The maximum Gasteiger partial charge on any atom is 0.123 e. The second-order valence-electron chi connectivity index (χ2n) is 6.31. The zero-order valence-electron chi connectivity index (χ0n) is 12.4. The third-order valence-corrected chi connectivity index (χ3v) is 4.92. The van der Waals surface area contributed by atoms with Crippen LogP contribution in [-0.4, -0.2) is 48.6 Å². The van der Waals surface area contributed by atoms with Gasteiger partial charge in [-0.05, 0) is 56.0 Å². The van der Waals surface area contributed by atoms with Gasteiger partial charge in [-0.25, -0.2) is 4.39 Å². The van der Waals surface area contributed by atoms with Gasteiger partial charge >= 0.3 is 0 Å². The van der Waals surface area contributed by atoms with Crippen LogP contribution in [0.3, 0.4) is 0 Å². The van der Waals surface area contributed by atoms with Gasteiger partial charge < -0.3 is 4.90 Å². The van der Waals surface area contributed by atoms with Gasteiger partial charge in [0.1, 0.15) is 5.82 Å². The number of aryl methyl sites for hydroxylation is 1. The van der Waals surface area contributed by atoms with E-state index in [1.54, 1.807) is 12.1 Å². The number of halogens is 1. The quantitative estimate of drug-likeness (QED) is 0.837. The van der Waals surface area contributed by atoms with Crippen molar-refractivity contribution >= 4 is 0 Å². The second kappa shape index (κ2) is 6.23. The Morgan fingerprint density at radius 1 is 1.20 bits per heavy atom. The molecule has 1 atom stereocenters. The van der Waals surface area contributed by atoms with E-state index in [1.807, 2.05) is 13.0 Å². The minimum Gasteiger partial charge on any atom is -0.300 e. The molecule has 3 rings (SSSR count). The van der Waals surface area contributed by atoms with E-state index in [9.17, 15) is 4.39 Å². The molecule has 20 heavy (non-hydrogen) atoms. The summed E-state index contributed by atoms with van der Waals surface area (Å²) in [6.07, 6.45) is 5.18. The first kappa shape index (κ1) is 14.0. The lowest BCUT2D eigenvalue weighted by molar-refractivity contribution is 0.0500. The van der Waals surface area contributed by atoms with E-state index in [-0.39, 0.29) is 5.82 Å². The standard InChI is InChI=1S/C17H25FN2/c1-14-12-16(18)6-5-15(14)7-9-19-10-11-20-8-3-2-4-17(20)13-19/h5-6,12,17H,2-4,7-11,13H2,1H3. The van der Waals surface area contributed by atoms with E-state index in [0.717, 1.165) is 24.6 Å². The first-order valence-electron chi connectivity index (χ1n) is 7.94. The number of hydrogen-bond acceptors (Lipinski definition) is 2. The molecular formula is C17H25FN2. The van der Waals surface area contributed by atoms with Crippen molar-refractivity contribution in [2.24, 2.45) is 0 Å². The van der Waals surface area contributed by atoms with Crippen LogP contribution < -0.4 is 0 Å². The Morgan fingerprint density at radius 2 is 2.10 bits per heavy atom. The lowest BCUT2D eigenvalue weighted by atomic mass is 9.99. The highest BCUT2D eigenvalue weighted by Crippen LogP contribution is 2.21. The van der Waals surface area contributed by atoms with Crippen molar-refractivity contribution in [3.63, 3.8) is 0 Å². The van der Waals surface area contributed by atoms with Crippen LogP contribution in [0.4, 0.5) is 4.39 Å². The Balaban J connectivity index is 1.53. The molecule has 0 N–H and O–H groups in total. The largest absolute Gasteiger partial charge is 0.300 e. The summed E-state index contributed by atoms with van der Waals surface area (Å²) in [4.78, 5) is 5.26. The molecule has 0 spiro atoms. The number of hydrogen-bond donors (Lipinski definition) is 0. The summed E-state index contributed by atoms with van der Waals surface area (Å²) in [5.41, 5.74) is 2.37. The van der Waals surface area contributed by atoms with Crippen LogP contribution in [0.5, 0.6) is 0 Å². The second-order valence-corrected chi connectivity index (χ2v) is 6.31. The lowest BCUT2D eigenvalue weighted by Crippen LogP contribution is -2.55. The van der Waals surface area contributed by atoms with Crippen molar-refractivity contribution in [1.82, 2.24) is 9.80 Å². The molecule has 0 aliphatic carbocycles. The van der Waals surface area contributed by atoms with Gasteiger partial charge in [-0.2, -0.15) is 0 Å². The van der Waals surface area contributed by atoms with Gasteiger partial charge in [0.25, 0.3) is 0 Å².